The van der Waals surface area contributed by atoms with Crippen LogP contribution < -0.4 is 0 Å². The summed E-state index contributed by atoms with van der Waals surface area (Å²) in [5, 5.41) is 21.5. The number of ether oxygens (including phenoxy) is 2. The van der Waals surface area contributed by atoms with Crippen LogP contribution in [-0.4, -0.2) is 54.0 Å². The van der Waals surface area contributed by atoms with Gasteiger partial charge in [-0.3, -0.25) is 9.59 Å². The Balaban J connectivity index is 1.76. The van der Waals surface area contributed by atoms with Crippen LogP contribution in [0.15, 0.2) is 42.2 Å². The van der Waals surface area contributed by atoms with Gasteiger partial charge in [-0.15, -0.1) is 5.73 Å². The SMILES string of the molecule is C=C=CC(OC)OC1CC2C3CCC4=CC(=O)C=CC4(C)C3C(O)CC2(C)C1(C)C(=O)CO. The van der Waals surface area contributed by atoms with E-state index in [4.69, 9.17) is 9.47 Å². The average molecular weight is 457 g/mol. The first kappa shape index (κ1) is 24.3. The number of ketones is 2. The summed E-state index contributed by atoms with van der Waals surface area (Å²) < 4.78 is 11.7. The first-order valence-electron chi connectivity index (χ1n) is 11.9. The number of hydrogen-bond acceptors (Lipinski definition) is 6. The monoisotopic (exact) mass is 456 g/mol. The Morgan fingerprint density at radius 1 is 1.39 bits per heavy atom. The zero-order valence-electron chi connectivity index (χ0n) is 20.0. The molecule has 0 aromatic heterocycles. The van der Waals surface area contributed by atoms with E-state index in [9.17, 15) is 19.8 Å². The molecule has 0 spiro atoms. The van der Waals surface area contributed by atoms with Crippen molar-refractivity contribution >= 4 is 11.6 Å². The van der Waals surface area contributed by atoms with E-state index < -0.39 is 35.9 Å². The predicted octanol–water partition coefficient (Wildman–Crippen LogP) is 3.14. The first-order valence-corrected chi connectivity index (χ1v) is 11.9. The van der Waals surface area contributed by atoms with Gasteiger partial charge < -0.3 is 19.7 Å². The highest BCUT2D eigenvalue weighted by atomic mass is 16.7. The van der Waals surface area contributed by atoms with E-state index in [2.05, 4.69) is 26.2 Å². The van der Waals surface area contributed by atoms with Gasteiger partial charge in [0, 0.05) is 24.5 Å². The lowest BCUT2D eigenvalue weighted by molar-refractivity contribution is -0.184. The van der Waals surface area contributed by atoms with E-state index in [1.54, 1.807) is 18.2 Å². The van der Waals surface area contributed by atoms with Crippen molar-refractivity contribution in [2.24, 2.45) is 34.0 Å². The molecule has 180 valence electrons. The maximum atomic E-state index is 13.3. The molecule has 4 aliphatic rings. The smallest absolute Gasteiger partial charge is 0.184 e. The van der Waals surface area contributed by atoms with Crippen LogP contribution in [0.1, 0.15) is 46.5 Å². The molecule has 0 aliphatic heterocycles. The first-order chi connectivity index (χ1) is 15.6. The molecule has 4 aliphatic carbocycles. The summed E-state index contributed by atoms with van der Waals surface area (Å²) in [4.78, 5) is 25.3. The Morgan fingerprint density at radius 2 is 2.12 bits per heavy atom. The van der Waals surface area contributed by atoms with Crippen molar-refractivity contribution in [2.75, 3.05) is 13.7 Å². The fourth-order valence-corrected chi connectivity index (χ4v) is 7.81. The molecule has 3 fully saturated rings. The number of fused-ring (bicyclic) bond motifs is 5. The van der Waals surface area contributed by atoms with E-state index in [1.165, 1.54) is 7.11 Å². The lowest BCUT2D eigenvalue weighted by atomic mass is 9.45. The van der Waals surface area contributed by atoms with Crippen LogP contribution in [0.25, 0.3) is 0 Å². The topological polar surface area (TPSA) is 93.1 Å². The van der Waals surface area contributed by atoms with Crippen molar-refractivity contribution in [1.29, 1.82) is 0 Å². The van der Waals surface area contributed by atoms with Crippen LogP contribution in [0.2, 0.25) is 0 Å². The summed E-state index contributed by atoms with van der Waals surface area (Å²) in [5.41, 5.74) is 1.86. The van der Waals surface area contributed by atoms with E-state index in [1.807, 2.05) is 13.0 Å². The quantitative estimate of drug-likeness (QED) is 0.471. The number of carbonyl (C=O) groups is 2. The molecule has 9 unspecified atom stereocenters. The second-order valence-electron chi connectivity index (χ2n) is 10.8. The minimum atomic E-state index is -0.987. The molecule has 0 bridgehead atoms. The van der Waals surface area contributed by atoms with Crippen LogP contribution in [-0.2, 0) is 19.1 Å². The summed E-state index contributed by atoms with van der Waals surface area (Å²) in [6.07, 6.45) is 7.80. The fourth-order valence-electron chi connectivity index (χ4n) is 7.81. The molecule has 0 aromatic rings. The minimum Gasteiger partial charge on any atom is -0.393 e. The standard InChI is InChI=1S/C27H36O6/c1-6-7-23(32-5)33-22-13-19-18-9-8-16-12-17(29)10-11-25(16,2)24(18)20(30)14-26(19,3)27(22,4)21(31)15-28/h7,10-12,18-20,22-24,28,30H,1,8-9,13-15H2,2-5H3. The Morgan fingerprint density at radius 3 is 2.76 bits per heavy atom. The van der Waals surface area contributed by atoms with Crippen molar-refractivity contribution in [3.8, 4) is 0 Å². The second-order valence-corrected chi connectivity index (χ2v) is 10.8. The third kappa shape index (κ3) is 3.38. The van der Waals surface area contributed by atoms with Gasteiger partial charge >= 0.3 is 0 Å². The average Bonchev–Trinajstić information content (AvgIpc) is 3.00. The van der Waals surface area contributed by atoms with Gasteiger partial charge in [-0.2, -0.15) is 0 Å². The lowest BCUT2D eigenvalue weighted by Gasteiger charge is -2.60. The molecule has 3 saturated carbocycles. The summed E-state index contributed by atoms with van der Waals surface area (Å²) >= 11 is 0. The number of allylic oxidation sites excluding steroid dienone is 4. The van der Waals surface area contributed by atoms with Gasteiger partial charge in [0.05, 0.1) is 17.6 Å². The molecule has 6 heteroatoms. The molecule has 9 atom stereocenters. The van der Waals surface area contributed by atoms with Gasteiger partial charge in [0.25, 0.3) is 0 Å². The number of aliphatic hydroxyl groups excluding tert-OH is 2. The van der Waals surface area contributed by atoms with Crippen molar-refractivity contribution < 1.29 is 29.3 Å². The van der Waals surface area contributed by atoms with Crippen LogP contribution in [0.4, 0.5) is 0 Å². The van der Waals surface area contributed by atoms with Gasteiger partial charge in [0.15, 0.2) is 17.9 Å². The zero-order chi connectivity index (χ0) is 24.2. The van der Waals surface area contributed by atoms with Crippen molar-refractivity contribution in [2.45, 2.75) is 65.0 Å². The third-order valence-corrected chi connectivity index (χ3v) is 9.69. The Hall–Kier alpha value is -1.82. The third-order valence-electron chi connectivity index (χ3n) is 9.69. The number of hydrogen-bond donors (Lipinski definition) is 2. The summed E-state index contributed by atoms with van der Waals surface area (Å²) in [7, 11) is 1.53. The highest BCUT2D eigenvalue weighted by molar-refractivity contribution is 6.01. The van der Waals surface area contributed by atoms with Gasteiger partial charge in [-0.25, -0.2) is 0 Å². The van der Waals surface area contributed by atoms with Gasteiger partial charge in [-0.05, 0) is 62.0 Å². The zero-order valence-corrected chi connectivity index (χ0v) is 20.0. The molecule has 0 amide bonds. The van der Waals surface area contributed by atoms with Gasteiger partial charge in [0.1, 0.15) is 6.61 Å². The van der Waals surface area contributed by atoms with E-state index in [-0.39, 0.29) is 34.7 Å². The van der Waals surface area contributed by atoms with E-state index in [0.29, 0.717) is 12.8 Å². The number of carbonyl (C=O) groups excluding carboxylic acids is 2. The Labute approximate surface area is 196 Å². The number of Topliss-reactive ketones (excluding diaryl/α,β-unsaturated/α-hetero) is 1. The molecule has 4 rings (SSSR count). The Kier molecular flexibility index (Phi) is 6.22. The molecule has 0 radical (unpaired) electrons. The molecular formula is C27H36O6. The number of rotatable bonds is 6. The maximum absolute atomic E-state index is 13.3. The van der Waals surface area contributed by atoms with Crippen molar-refractivity contribution in [3.63, 3.8) is 0 Å². The summed E-state index contributed by atoms with van der Waals surface area (Å²) in [6.45, 7) is 9.10. The number of methoxy groups -OCH3 is 1. The van der Waals surface area contributed by atoms with Crippen molar-refractivity contribution in [1.82, 2.24) is 0 Å². The van der Waals surface area contributed by atoms with E-state index in [0.717, 1.165) is 18.4 Å². The van der Waals surface area contributed by atoms with Crippen LogP contribution in [0, 0.1) is 34.0 Å². The van der Waals surface area contributed by atoms with Crippen molar-refractivity contribution in [3.05, 3.63) is 42.2 Å². The molecular weight excluding hydrogens is 420 g/mol. The molecule has 33 heavy (non-hydrogen) atoms. The van der Waals surface area contributed by atoms with Gasteiger partial charge in [-0.1, -0.05) is 32.1 Å². The highest BCUT2D eigenvalue weighted by Gasteiger charge is 2.70. The molecule has 0 saturated heterocycles. The number of aliphatic hydroxyl groups is 2. The van der Waals surface area contributed by atoms with Crippen LogP contribution in [0.3, 0.4) is 0 Å². The molecule has 6 nitrogen and oxygen atoms in total. The molecule has 0 aromatic carbocycles. The summed E-state index contributed by atoms with van der Waals surface area (Å²) in [6, 6.07) is 0. The lowest BCUT2D eigenvalue weighted by Crippen LogP contribution is -2.59. The fraction of sp³-hybridized carbons (Fsp3) is 0.667. The maximum Gasteiger partial charge on any atom is 0.184 e. The Bertz CT molecular complexity index is 944. The largest absolute Gasteiger partial charge is 0.393 e. The predicted molar refractivity (Wildman–Crippen MR) is 123 cm³/mol. The second kappa shape index (κ2) is 8.44. The van der Waals surface area contributed by atoms with Gasteiger partial charge in [0.2, 0.25) is 0 Å². The summed E-state index contributed by atoms with van der Waals surface area (Å²) in [5.74, 6) is -0.0303. The highest BCUT2D eigenvalue weighted by Crippen LogP contribution is 2.70. The van der Waals surface area contributed by atoms with E-state index >= 15 is 0 Å². The minimum absolute atomic E-state index is 0.00684. The molecule has 2 N–H and O–H groups in total. The normalized spacial score (nSPS) is 44.7. The van der Waals surface area contributed by atoms with Crippen LogP contribution >= 0.6 is 0 Å². The molecule has 0 heterocycles. The van der Waals surface area contributed by atoms with Crippen LogP contribution in [0.5, 0.6) is 0 Å².